The summed E-state index contributed by atoms with van der Waals surface area (Å²) >= 11 is 0. The van der Waals surface area contributed by atoms with Gasteiger partial charge in [0.25, 0.3) is 0 Å². The van der Waals surface area contributed by atoms with Gasteiger partial charge >= 0.3 is 0 Å². The van der Waals surface area contributed by atoms with Gasteiger partial charge in [0.05, 0.1) is 6.10 Å². The molecule has 0 heterocycles. The van der Waals surface area contributed by atoms with Crippen LogP contribution in [0.5, 0.6) is 0 Å². The molecule has 0 aromatic rings. The molecule has 0 aliphatic rings. The molecule has 1 heteroatoms. The average molecular weight is 141 g/mol. The van der Waals surface area contributed by atoms with Crippen molar-refractivity contribution >= 4 is 0 Å². The Hall–Kier alpha value is -0.300. The summed E-state index contributed by atoms with van der Waals surface area (Å²) in [4.78, 5) is 0. The van der Waals surface area contributed by atoms with Crippen LogP contribution in [-0.2, 0) is 0 Å². The third-order valence-electron chi connectivity index (χ3n) is 1.86. The van der Waals surface area contributed by atoms with Crippen LogP contribution in [0.2, 0.25) is 0 Å². The number of allylic oxidation sites excluding steroid dienone is 1. The van der Waals surface area contributed by atoms with Crippen LogP contribution < -0.4 is 0 Å². The zero-order valence-corrected chi connectivity index (χ0v) is 6.88. The Morgan fingerprint density at radius 3 is 2.20 bits per heavy atom. The van der Waals surface area contributed by atoms with E-state index < -0.39 is 0 Å². The molecule has 0 aromatic heterocycles. The Morgan fingerprint density at radius 2 is 1.90 bits per heavy atom. The van der Waals surface area contributed by atoms with Crippen LogP contribution in [0.25, 0.3) is 0 Å². The smallest absolute Gasteiger partial charge is 0.0748 e. The van der Waals surface area contributed by atoms with Crippen LogP contribution in [0.1, 0.15) is 26.7 Å². The van der Waals surface area contributed by atoms with Crippen molar-refractivity contribution in [1.29, 1.82) is 0 Å². The lowest BCUT2D eigenvalue weighted by molar-refractivity contribution is 0.147. The number of rotatable bonds is 4. The first-order chi connectivity index (χ1) is 4.76. The molecule has 0 rings (SSSR count). The molecule has 0 spiro atoms. The van der Waals surface area contributed by atoms with Crippen LogP contribution in [0, 0.1) is 12.8 Å². The fourth-order valence-corrected chi connectivity index (χ4v) is 1.07. The van der Waals surface area contributed by atoms with Gasteiger partial charge in [-0.25, -0.2) is 0 Å². The third kappa shape index (κ3) is 3.02. The normalized spacial score (nSPS) is 14.9. The quantitative estimate of drug-likeness (QED) is 0.636. The van der Waals surface area contributed by atoms with Gasteiger partial charge in [0.15, 0.2) is 0 Å². The molecule has 0 aliphatic carbocycles. The second-order valence-corrected chi connectivity index (χ2v) is 2.50. The standard InChI is InChI=1S/C9H17O/c1-4-7-9(10)8(5-2)6-3/h4,7-10H,1,5-6H2,2-3H3/b7-4+. The molecule has 0 amide bonds. The highest BCUT2D eigenvalue weighted by Crippen LogP contribution is 2.13. The highest BCUT2D eigenvalue weighted by atomic mass is 16.3. The van der Waals surface area contributed by atoms with Crippen molar-refractivity contribution in [2.75, 3.05) is 0 Å². The lowest BCUT2D eigenvalue weighted by Crippen LogP contribution is -2.15. The van der Waals surface area contributed by atoms with Crippen molar-refractivity contribution in [1.82, 2.24) is 0 Å². The predicted octanol–water partition coefficient (Wildman–Crippen LogP) is 2.17. The maximum atomic E-state index is 9.38. The number of aliphatic hydroxyl groups excluding tert-OH is 1. The molecular weight excluding hydrogens is 124 g/mol. The molecule has 10 heavy (non-hydrogen) atoms. The van der Waals surface area contributed by atoms with Crippen molar-refractivity contribution in [3.8, 4) is 0 Å². The van der Waals surface area contributed by atoms with Gasteiger partial charge in [0, 0.05) is 0 Å². The molecule has 0 aromatic carbocycles. The minimum Gasteiger partial charge on any atom is -0.389 e. The van der Waals surface area contributed by atoms with Crippen molar-refractivity contribution in [3.63, 3.8) is 0 Å². The Morgan fingerprint density at radius 1 is 1.40 bits per heavy atom. The monoisotopic (exact) mass is 141 g/mol. The van der Waals surface area contributed by atoms with Crippen LogP contribution in [0.15, 0.2) is 12.2 Å². The zero-order chi connectivity index (χ0) is 7.98. The van der Waals surface area contributed by atoms with Crippen molar-refractivity contribution in [2.24, 2.45) is 5.92 Å². The first kappa shape index (κ1) is 9.70. The minimum absolute atomic E-state index is 0.299. The lowest BCUT2D eigenvalue weighted by atomic mass is 9.96. The summed E-state index contributed by atoms with van der Waals surface area (Å²) in [7, 11) is 0. The summed E-state index contributed by atoms with van der Waals surface area (Å²) < 4.78 is 0. The van der Waals surface area contributed by atoms with Crippen LogP contribution in [0.3, 0.4) is 0 Å². The van der Waals surface area contributed by atoms with E-state index in [1.54, 1.807) is 12.2 Å². The number of hydrogen-bond acceptors (Lipinski definition) is 1. The summed E-state index contributed by atoms with van der Waals surface area (Å²) in [5.74, 6) is 0.401. The number of aliphatic hydroxyl groups is 1. The zero-order valence-electron chi connectivity index (χ0n) is 6.88. The topological polar surface area (TPSA) is 20.2 Å². The predicted molar refractivity (Wildman–Crippen MR) is 44.6 cm³/mol. The fourth-order valence-electron chi connectivity index (χ4n) is 1.07. The van der Waals surface area contributed by atoms with Crippen LogP contribution in [-0.4, -0.2) is 11.2 Å². The van der Waals surface area contributed by atoms with E-state index in [-0.39, 0.29) is 6.10 Å². The average Bonchev–Trinajstić information content (AvgIpc) is 1.91. The molecule has 0 aliphatic heterocycles. The first-order valence-corrected chi connectivity index (χ1v) is 3.90. The molecule has 59 valence electrons. The minimum atomic E-state index is -0.299. The molecule has 0 fully saturated rings. The van der Waals surface area contributed by atoms with E-state index in [1.807, 2.05) is 0 Å². The largest absolute Gasteiger partial charge is 0.389 e. The molecule has 1 atom stereocenters. The molecule has 1 N–H and O–H groups in total. The van der Waals surface area contributed by atoms with E-state index in [0.29, 0.717) is 5.92 Å². The van der Waals surface area contributed by atoms with E-state index in [1.165, 1.54) is 0 Å². The first-order valence-electron chi connectivity index (χ1n) is 3.90. The summed E-state index contributed by atoms with van der Waals surface area (Å²) in [6.45, 7) is 7.72. The van der Waals surface area contributed by atoms with Gasteiger partial charge in [-0.05, 0) is 12.8 Å². The van der Waals surface area contributed by atoms with Crippen molar-refractivity contribution in [2.45, 2.75) is 32.8 Å². The SMILES string of the molecule is [CH2]/C=C/C(O)C(CC)CC. The second-order valence-electron chi connectivity index (χ2n) is 2.50. The molecular formula is C9H17O. The highest BCUT2D eigenvalue weighted by Gasteiger charge is 2.10. The van der Waals surface area contributed by atoms with Gasteiger partial charge in [-0.1, -0.05) is 38.8 Å². The maximum absolute atomic E-state index is 9.38. The third-order valence-corrected chi connectivity index (χ3v) is 1.86. The molecule has 1 unspecified atom stereocenters. The molecule has 0 bridgehead atoms. The van der Waals surface area contributed by atoms with Crippen molar-refractivity contribution < 1.29 is 5.11 Å². The Bertz CT molecular complexity index is 92.9. The summed E-state index contributed by atoms with van der Waals surface area (Å²) in [5, 5.41) is 9.38. The summed E-state index contributed by atoms with van der Waals surface area (Å²) in [6, 6.07) is 0. The van der Waals surface area contributed by atoms with Gasteiger partial charge in [-0.2, -0.15) is 0 Å². The van der Waals surface area contributed by atoms with Gasteiger partial charge in [-0.15, -0.1) is 0 Å². The van der Waals surface area contributed by atoms with E-state index in [2.05, 4.69) is 20.8 Å². The Kier molecular flexibility index (Phi) is 5.32. The Labute approximate surface area is 63.8 Å². The van der Waals surface area contributed by atoms with Gasteiger partial charge in [0.2, 0.25) is 0 Å². The summed E-state index contributed by atoms with van der Waals surface area (Å²) in [6.07, 6.45) is 5.16. The number of hydrogen-bond donors (Lipinski definition) is 1. The van der Waals surface area contributed by atoms with Gasteiger partial charge < -0.3 is 5.11 Å². The molecule has 0 saturated heterocycles. The van der Waals surface area contributed by atoms with E-state index in [0.717, 1.165) is 12.8 Å². The van der Waals surface area contributed by atoms with E-state index in [9.17, 15) is 5.11 Å². The van der Waals surface area contributed by atoms with E-state index in [4.69, 9.17) is 0 Å². The van der Waals surface area contributed by atoms with E-state index >= 15 is 0 Å². The molecule has 0 saturated carbocycles. The van der Waals surface area contributed by atoms with Crippen LogP contribution >= 0.6 is 0 Å². The maximum Gasteiger partial charge on any atom is 0.0748 e. The second kappa shape index (κ2) is 5.48. The Balaban J connectivity index is 3.75. The van der Waals surface area contributed by atoms with Crippen LogP contribution in [0.4, 0.5) is 0 Å². The van der Waals surface area contributed by atoms with Crippen molar-refractivity contribution in [3.05, 3.63) is 19.1 Å². The lowest BCUT2D eigenvalue weighted by Gasteiger charge is -2.15. The fraction of sp³-hybridized carbons (Fsp3) is 0.667. The molecule has 1 radical (unpaired) electrons. The van der Waals surface area contributed by atoms with Gasteiger partial charge in [-0.3, -0.25) is 0 Å². The molecule has 1 nitrogen and oxygen atoms in total. The highest BCUT2D eigenvalue weighted by molar-refractivity contribution is 4.92. The van der Waals surface area contributed by atoms with Gasteiger partial charge in [0.1, 0.15) is 0 Å². The summed E-state index contributed by atoms with van der Waals surface area (Å²) in [5.41, 5.74) is 0.